The van der Waals surface area contributed by atoms with Gasteiger partial charge in [-0.1, -0.05) is 40.5 Å². The quantitative estimate of drug-likeness (QED) is 0.239. The highest BCUT2D eigenvalue weighted by Crippen LogP contribution is 2.38. The van der Waals surface area contributed by atoms with Crippen LogP contribution >= 0.6 is 0 Å². The molecule has 0 aromatic heterocycles. The topological polar surface area (TPSA) is 174 Å². The van der Waals surface area contributed by atoms with E-state index >= 15 is 0 Å². The predicted molar refractivity (Wildman–Crippen MR) is 186 cm³/mol. The second-order valence-corrected chi connectivity index (χ2v) is 16.3. The van der Waals surface area contributed by atoms with E-state index in [1.54, 1.807) is 27.7 Å². The fraction of sp³-hybridized carbons (Fsp3) is 0.972. The molecule has 3 aliphatic rings. The van der Waals surface area contributed by atoms with Crippen molar-refractivity contribution in [2.24, 2.45) is 17.8 Å². The fourth-order valence-electron chi connectivity index (χ4n) is 8.46. The largest absolute Gasteiger partial charge is 0.445 e. The first-order valence-electron chi connectivity index (χ1n) is 18.5. The van der Waals surface area contributed by atoms with E-state index in [9.17, 15) is 30.3 Å². The fourth-order valence-corrected chi connectivity index (χ4v) is 8.46. The van der Waals surface area contributed by atoms with Gasteiger partial charge in [0.15, 0.2) is 12.6 Å². The molecule has 15 unspecified atom stereocenters. The van der Waals surface area contributed by atoms with Gasteiger partial charge in [-0.2, -0.15) is 0 Å². The summed E-state index contributed by atoms with van der Waals surface area (Å²) >= 11 is 0. The first-order valence-corrected chi connectivity index (χ1v) is 18.5. The Morgan fingerprint density at radius 3 is 2.18 bits per heavy atom. The van der Waals surface area contributed by atoms with Gasteiger partial charge >= 0.3 is 6.09 Å². The third kappa shape index (κ3) is 10.5. The SMILES string of the molecule is CCC1OC(O)C(C)C(OC(=O)NC2CCCC2)C(C)C(OC2OC(C)CC(N(C)C)C2O)C(C)(O)CC(C)CN(C)C(C)C(O)C1(C)O. The molecule has 3 rings (SSSR count). The molecule has 0 aromatic carbocycles. The summed E-state index contributed by atoms with van der Waals surface area (Å²) in [6.07, 6.45) is -3.98. The zero-order valence-corrected chi connectivity index (χ0v) is 31.9. The Balaban J connectivity index is 2.10. The Kier molecular flexibility index (Phi) is 15.2. The van der Waals surface area contributed by atoms with Crippen LogP contribution in [-0.2, 0) is 18.9 Å². The lowest BCUT2D eigenvalue weighted by Gasteiger charge is -2.47. The molecular formula is C36H69N3O10. The number of aliphatic hydroxyl groups is 5. The number of nitrogens with zero attached hydrogens (tertiary/aromatic N) is 2. The van der Waals surface area contributed by atoms with Crippen molar-refractivity contribution in [3.63, 3.8) is 0 Å². The minimum absolute atomic E-state index is 0.0205. The number of carbonyl (C=O) groups excluding carboxylic acids is 1. The number of rotatable bonds is 6. The summed E-state index contributed by atoms with van der Waals surface area (Å²) in [7, 11) is 5.63. The third-order valence-corrected chi connectivity index (χ3v) is 11.5. The molecule has 2 heterocycles. The summed E-state index contributed by atoms with van der Waals surface area (Å²) in [6.45, 7) is 14.7. The Labute approximate surface area is 294 Å². The van der Waals surface area contributed by atoms with Crippen molar-refractivity contribution in [2.75, 3.05) is 27.7 Å². The van der Waals surface area contributed by atoms with Gasteiger partial charge in [-0.25, -0.2) is 4.79 Å². The smallest absolute Gasteiger partial charge is 0.407 e. The number of likely N-dealkylation sites (N-methyl/N-ethyl adjacent to an activating group) is 2. The first kappa shape index (κ1) is 42.3. The van der Waals surface area contributed by atoms with E-state index in [0.717, 1.165) is 25.7 Å². The number of hydrogen-bond acceptors (Lipinski definition) is 12. The second-order valence-electron chi connectivity index (χ2n) is 16.3. The van der Waals surface area contributed by atoms with Gasteiger partial charge < -0.3 is 59.6 Å². The number of aliphatic hydroxyl groups excluding tert-OH is 3. The summed E-state index contributed by atoms with van der Waals surface area (Å²) in [5.41, 5.74) is -3.27. The van der Waals surface area contributed by atoms with Gasteiger partial charge in [0.05, 0.1) is 23.9 Å². The number of amides is 1. The Hall–Kier alpha value is -1.13. The molecular weight excluding hydrogens is 634 g/mol. The van der Waals surface area contributed by atoms with Gasteiger partial charge in [0.2, 0.25) is 0 Å². The minimum Gasteiger partial charge on any atom is -0.445 e. The van der Waals surface area contributed by atoms with Gasteiger partial charge in [-0.15, -0.1) is 0 Å². The molecule has 13 heteroatoms. The van der Waals surface area contributed by atoms with E-state index in [0.29, 0.717) is 13.0 Å². The van der Waals surface area contributed by atoms with Crippen LogP contribution in [0, 0.1) is 17.8 Å². The van der Waals surface area contributed by atoms with E-state index in [1.807, 2.05) is 51.7 Å². The molecule has 6 N–H and O–H groups in total. The summed E-state index contributed by atoms with van der Waals surface area (Å²) in [5.74, 6) is -1.75. The second kappa shape index (κ2) is 17.6. The van der Waals surface area contributed by atoms with Crippen LogP contribution in [0.25, 0.3) is 0 Å². The third-order valence-electron chi connectivity index (χ3n) is 11.5. The summed E-state index contributed by atoms with van der Waals surface area (Å²) in [6, 6.07) is -0.780. The monoisotopic (exact) mass is 703 g/mol. The summed E-state index contributed by atoms with van der Waals surface area (Å²) in [4.78, 5) is 17.3. The van der Waals surface area contributed by atoms with Crippen molar-refractivity contribution < 1.29 is 49.3 Å². The van der Waals surface area contributed by atoms with Gasteiger partial charge in [0.25, 0.3) is 0 Å². The Morgan fingerprint density at radius 1 is 1.00 bits per heavy atom. The first-order chi connectivity index (χ1) is 22.7. The van der Waals surface area contributed by atoms with E-state index in [2.05, 4.69) is 5.32 Å². The molecule has 0 aromatic rings. The van der Waals surface area contributed by atoms with Gasteiger partial charge in [0.1, 0.15) is 23.9 Å². The number of carbonyl (C=O) groups is 1. The van der Waals surface area contributed by atoms with E-state index in [4.69, 9.17) is 18.9 Å². The van der Waals surface area contributed by atoms with Crippen LogP contribution in [0.4, 0.5) is 4.79 Å². The number of hydrogen-bond donors (Lipinski definition) is 6. The van der Waals surface area contributed by atoms with Gasteiger partial charge in [0, 0.05) is 36.5 Å². The summed E-state index contributed by atoms with van der Waals surface area (Å²) in [5, 5.41) is 61.5. The molecule has 1 amide bonds. The maximum absolute atomic E-state index is 13.4. The number of alkyl carbamates (subject to hydrolysis) is 1. The molecule has 0 bridgehead atoms. The molecule has 288 valence electrons. The minimum atomic E-state index is -1.74. The van der Waals surface area contributed by atoms with Crippen LogP contribution in [0.5, 0.6) is 0 Å². The van der Waals surface area contributed by atoms with E-state index in [1.165, 1.54) is 6.92 Å². The Bertz CT molecular complexity index is 1030. The molecule has 3 fully saturated rings. The van der Waals surface area contributed by atoms with Crippen LogP contribution < -0.4 is 5.32 Å². The lowest BCUT2D eigenvalue weighted by atomic mass is 9.77. The molecule has 2 saturated heterocycles. The highest BCUT2D eigenvalue weighted by atomic mass is 16.7. The summed E-state index contributed by atoms with van der Waals surface area (Å²) < 4.78 is 25.1. The van der Waals surface area contributed by atoms with Crippen molar-refractivity contribution in [2.45, 2.75) is 179 Å². The maximum atomic E-state index is 13.4. The molecule has 13 nitrogen and oxygen atoms in total. The van der Waals surface area contributed by atoms with Crippen molar-refractivity contribution in [1.29, 1.82) is 0 Å². The van der Waals surface area contributed by atoms with Crippen molar-refractivity contribution in [3.05, 3.63) is 0 Å². The van der Waals surface area contributed by atoms with Crippen molar-refractivity contribution in [3.8, 4) is 0 Å². The molecule has 15 atom stereocenters. The van der Waals surface area contributed by atoms with Crippen LogP contribution in [0.1, 0.15) is 100 Å². The lowest BCUT2D eigenvalue weighted by Crippen LogP contribution is -2.60. The lowest BCUT2D eigenvalue weighted by molar-refractivity contribution is -0.301. The van der Waals surface area contributed by atoms with Crippen LogP contribution in [0.15, 0.2) is 0 Å². The normalized spacial score (nSPS) is 45.9. The number of nitrogens with one attached hydrogen (secondary N) is 1. The van der Waals surface area contributed by atoms with Crippen molar-refractivity contribution in [1.82, 2.24) is 15.1 Å². The average Bonchev–Trinajstić information content (AvgIpc) is 3.52. The zero-order chi connectivity index (χ0) is 37.0. The van der Waals surface area contributed by atoms with E-state index in [-0.39, 0.29) is 36.9 Å². The van der Waals surface area contributed by atoms with E-state index < -0.39 is 78.3 Å². The van der Waals surface area contributed by atoms with Crippen LogP contribution in [0.2, 0.25) is 0 Å². The highest BCUT2D eigenvalue weighted by molar-refractivity contribution is 5.67. The number of ether oxygens (including phenoxy) is 4. The zero-order valence-electron chi connectivity index (χ0n) is 31.9. The predicted octanol–water partition coefficient (Wildman–Crippen LogP) is 2.44. The highest BCUT2D eigenvalue weighted by Gasteiger charge is 2.51. The maximum Gasteiger partial charge on any atom is 0.407 e. The molecule has 49 heavy (non-hydrogen) atoms. The molecule has 0 radical (unpaired) electrons. The van der Waals surface area contributed by atoms with Crippen LogP contribution in [-0.4, -0.2) is 148 Å². The van der Waals surface area contributed by atoms with Gasteiger partial charge in [-0.3, -0.25) is 0 Å². The van der Waals surface area contributed by atoms with Gasteiger partial charge in [-0.05, 0) is 86.9 Å². The Morgan fingerprint density at radius 2 is 1.61 bits per heavy atom. The molecule has 0 spiro atoms. The van der Waals surface area contributed by atoms with Crippen molar-refractivity contribution >= 4 is 6.09 Å². The van der Waals surface area contributed by atoms with Crippen LogP contribution in [0.3, 0.4) is 0 Å². The molecule has 1 aliphatic carbocycles. The molecule has 2 aliphatic heterocycles. The molecule has 1 saturated carbocycles. The standard InChI is InChI=1S/C36H69N3O10/c1-12-27-36(8,45)30(41)24(6)39(11)19-20(2)18-35(7,44)31(49-33-28(40)26(38(9)10)17-21(3)46-33)22(4)29(23(5)32(42)47-27)48-34(43)37-25-15-13-14-16-25/h20-33,40-42,44-45H,12-19H2,1-11H3,(H,37,43). The average molecular weight is 704 g/mol.